The van der Waals surface area contributed by atoms with Gasteiger partial charge in [-0.05, 0) is 302 Å². The van der Waals surface area contributed by atoms with Crippen LogP contribution in [0.2, 0.25) is 0 Å². The van der Waals surface area contributed by atoms with Crippen LogP contribution in [0.5, 0.6) is 0 Å². The Morgan fingerprint density at radius 1 is 0.135 bits per heavy atom. The largest absolute Gasteiger partial charge is 0.256 e. The smallest absolute Gasteiger partial charge is 0.0737 e. The first kappa shape index (κ1) is 106. The molecule has 730 valence electrons. The Kier molecular flexibility index (Phi) is 38.8. The monoisotopic (exact) mass is 1920 g/mol. The molecule has 8 aromatic heterocycles. The van der Waals surface area contributed by atoms with Crippen LogP contribution in [-0.4, -0.2) is 39.9 Å². The van der Waals surface area contributed by atoms with Crippen molar-refractivity contribution < 1.29 is 0 Å². The molecule has 148 heavy (non-hydrogen) atoms. The van der Waals surface area contributed by atoms with Crippen LogP contribution in [0.1, 0.15) is 89.4 Å². The van der Waals surface area contributed by atoms with Crippen LogP contribution in [-0.2, 0) is 0 Å². The minimum absolute atomic E-state index is 1.01. The number of hydrogen-bond acceptors (Lipinski definition) is 8. The Labute approximate surface area is 877 Å². The summed E-state index contributed by atoms with van der Waals surface area (Å²) >= 11 is 0. The Morgan fingerprint density at radius 2 is 0.466 bits per heavy atom. The van der Waals surface area contributed by atoms with E-state index in [0.717, 1.165) is 84.9 Å². The molecule has 0 amide bonds. The average Bonchev–Trinajstić information content (AvgIpc) is 0.810. The lowest BCUT2D eigenvalue weighted by Crippen LogP contribution is -1.94. The van der Waals surface area contributed by atoms with Gasteiger partial charge in [0.05, 0.1) is 45.6 Å². The first-order valence-electron chi connectivity index (χ1n) is 50.5. The molecule has 0 saturated carbocycles. The predicted molar refractivity (Wildman–Crippen MR) is 627 cm³/mol. The molecule has 0 radical (unpaired) electrons. The molecule has 0 atom stereocenters. The molecule has 0 saturated heterocycles. The molecule has 0 spiro atoms. The van der Waals surface area contributed by atoms with Gasteiger partial charge in [0.15, 0.2) is 0 Å². The average molecular weight is 1920 g/mol. The summed E-state index contributed by atoms with van der Waals surface area (Å²) in [5, 5.41) is 0. The van der Waals surface area contributed by atoms with Crippen LogP contribution in [0, 0.1) is 111 Å². The summed E-state index contributed by atoms with van der Waals surface area (Å²) in [6.07, 6.45) is 9.39. The van der Waals surface area contributed by atoms with Crippen molar-refractivity contribution in [2.24, 2.45) is 0 Å². The van der Waals surface area contributed by atoms with E-state index in [0.29, 0.717) is 0 Å². The third kappa shape index (κ3) is 31.2. The van der Waals surface area contributed by atoms with Crippen molar-refractivity contribution in [3.05, 3.63) is 588 Å². The molecule has 14 aromatic carbocycles. The van der Waals surface area contributed by atoms with Crippen LogP contribution < -0.4 is 0 Å². The van der Waals surface area contributed by atoms with Crippen molar-refractivity contribution in [1.29, 1.82) is 0 Å². The van der Waals surface area contributed by atoms with Crippen LogP contribution in [0.15, 0.2) is 498 Å². The maximum absolute atomic E-state index is 4.64. The molecule has 0 aliphatic carbocycles. The summed E-state index contributed by atoms with van der Waals surface area (Å²) in [5.41, 5.74) is 50.1. The number of hydrogen-bond donors (Lipinski definition) is 0. The quantitative estimate of drug-likeness (QED) is 0.112. The molecule has 0 aliphatic heterocycles. The van der Waals surface area contributed by atoms with Gasteiger partial charge in [0.2, 0.25) is 0 Å². The zero-order chi connectivity index (χ0) is 104. The van der Waals surface area contributed by atoms with Crippen molar-refractivity contribution in [3.8, 4) is 146 Å². The molecule has 8 heterocycles. The van der Waals surface area contributed by atoms with E-state index in [1.807, 2.05) is 166 Å². The first-order valence-corrected chi connectivity index (χ1v) is 50.5. The van der Waals surface area contributed by atoms with Gasteiger partial charge >= 0.3 is 0 Å². The van der Waals surface area contributed by atoms with E-state index in [4.69, 9.17) is 0 Å². The van der Waals surface area contributed by atoms with E-state index < -0.39 is 0 Å². The fourth-order valence-corrected chi connectivity index (χ4v) is 16.9. The number of nitrogens with zero attached hydrogens (tertiary/aromatic N) is 8. The maximum Gasteiger partial charge on any atom is 0.0737 e. The summed E-state index contributed by atoms with van der Waals surface area (Å²) in [6.45, 7) is 33.7. The lowest BCUT2D eigenvalue weighted by atomic mass is 9.99. The first-order chi connectivity index (χ1) is 72.0. The standard InChI is InChI=1S/C18H14.3C17H13N.3C15H17N.C14H15N.C12H11N/c1-3-7-15(8-4-1)17-11-13-18(14-12-17)16-9-5-2-6-10-16;1-3-7-14(8-4-1)16-11-12-18-17(13-16)15-9-5-2-6-10-15;1-3-7-14(8-4-1)16-11-12-17(18-13-16)15-9-5-2-6-10-15;1-2-7-14(8-3-1)15-9-6-10-16(13-15)17-11-4-5-12-18-17;1-10-6-5-7-14(8-10)15-13(4)12(3)11(2)9-16-15;1-10-6-5-7-14(8-10)15-9-11(2)12(3)13(4)16-15;1-10-6-5-7-14(8-10)15-13(4)11(2)9-12(3)16-15;1-10-5-4-6-13(9-10)14-11(2)7-8-12(3)15-14;1-10-5-4-6-11(9-10)12-7-2-3-8-13-12/h1-14H;3*1-13H;3*5-9H,1-4H3;4-9H,1-3H3;2-9H,1H3. The number of aromatic nitrogens is 8. The lowest BCUT2D eigenvalue weighted by Gasteiger charge is -2.10. The molecule has 0 bridgehead atoms. The Morgan fingerprint density at radius 3 is 0.899 bits per heavy atom. The number of pyridine rings is 8. The Balaban J connectivity index is 0.000000132. The van der Waals surface area contributed by atoms with E-state index in [-0.39, 0.29) is 0 Å². The summed E-state index contributed by atoms with van der Waals surface area (Å²) in [4.78, 5) is 36.1. The van der Waals surface area contributed by atoms with Crippen LogP contribution >= 0.6 is 0 Å². The van der Waals surface area contributed by atoms with Crippen LogP contribution in [0.3, 0.4) is 0 Å². The van der Waals surface area contributed by atoms with E-state index >= 15 is 0 Å². The van der Waals surface area contributed by atoms with Gasteiger partial charge in [-0.3, -0.25) is 39.9 Å². The zero-order valence-electron chi connectivity index (χ0n) is 87.9. The van der Waals surface area contributed by atoms with Crippen molar-refractivity contribution in [2.45, 2.75) is 111 Å². The minimum atomic E-state index is 1.01. The van der Waals surface area contributed by atoms with E-state index in [2.05, 4.69) is 483 Å². The topological polar surface area (TPSA) is 103 Å². The van der Waals surface area contributed by atoms with Crippen molar-refractivity contribution in [2.75, 3.05) is 0 Å². The van der Waals surface area contributed by atoms with E-state index in [1.165, 1.54) is 150 Å². The molecule has 8 nitrogen and oxygen atoms in total. The van der Waals surface area contributed by atoms with Crippen molar-refractivity contribution in [3.63, 3.8) is 0 Å². The molecule has 0 unspecified atom stereocenters. The zero-order valence-corrected chi connectivity index (χ0v) is 87.9. The second kappa shape index (κ2) is 54.1. The van der Waals surface area contributed by atoms with Gasteiger partial charge in [-0.25, -0.2) is 0 Å². The molecule has 0 N–H and O–H groups in total. The predicted octanol–water partition coefficient (Wildman–Crippen LogP) is 36.9. The van der Waals surface area contributed by atoms with Gasteiger partial charge in [-0.15, -0.1) is 0 Å². The molecule has 22 rings (SSSR count). The van der Waals surface area contributed by atoms with Crippen molar-refractivity contribution in [1.82, 2.24) is 39.9 Å². The third-order valence-electron chi connectivity index (χ3n) is 25.6. The van der Waals surface area contributed by atoms with Crippen LogP contribution in [0.25, 0.3) is 146 Å². The number of aryl methyl sites for hydroxylation is 12. The van der Waals surface area contributed by atoms with Crippen molar-refractivity contribution >= 4 is 0 Å². The highest BCUT2D eigenvalue weighted by molar-refractivity contribution is 5.76. The third-order valence-corrected chi connectivity index (χ3v) is 25.6. The molecule has 0 aliphatic rings. The van der Waals surface area contributed by atoms with Gasteiger partial charge in [0, 0.05) is 98.1 Å². The summed E-state index contributed by atoms with van der Waals surface area (Å²) < 4.78 is 0. The molecular formula is C140H130N8. The number of rotatable bonds is 13. The van der Waals surface area contributed by atoms with Crippen LogP contribution in [0.4, 0.5) is 0 Å². The number of benzene rings is 14. The summed E-state index contributed by atoms with van der Waals surface area (Å²) in [7, 11) is 0. The highest BCUT2D eigenvalue weighted by atomic mass is 14.7. The van der Waals surface area contributed by atoms with Gasteiger partial charge in [0.25, 0.3) is 0 Å². The SMILES string of the molecule is Cc1cccc(-c2cc(C)c(C)c(C)n2)c1.Cc1cccc(-c2ccccn2)c1.Cc1cccc(-c2nc(C)cc(C)c2C)c1.Cc1cccc(-c2nc(C)ccc2C)c1.Cc1cccc(-c2ncc(C)c(C)c2C)c1.c1ccc(-c2ccc(-c3ccccc3)cc2)cc1.c1ccc(-c2ccc(-c3ccccc3)nc2)cc1.c1ccc(-c2cccc(-c3ccccn3)c2)cc1.c1ccc(-c2ccnc(-c3ccccc3)c2)cc1. The fraction of sp³-hybridized carbons (Fsp3) is 0.114. The van der Waals surface area contributed by atoms with Gasteiger partial charge < -0.3 is 0 Å². The van der Waals surface area contributed by atoms with Gasteiger partial charge in [-0.2, -0.15) is 0 Å². The van der Waals surface area contributed by atoms with Gasteiger partial charge in [0.1, 0.15) is 0 Å². The molecular weight excluding hydrogens is 1790 g/mol. The normalized spacial score (nSPS) is 10.3. The molecule has 8 heteroatoms. The van der Waals surface area contributed by atoms with Gasteiger partial charge in [-0.1, -0.05) is 398 Å². The second-order valence-corrected chi connectivity index (χ2v) is 37.1. The maximum atomic E-state index is 4.64. The Hall–Kier alpha value is -17.7. The molecule has 0 fully saturated rings. The fourth-order valence-electron chi connectivity index (χ4n) is 16.9. The minimum Gasteiger partial charge on any atom is -0.256 e. The Bertz CT molecular complexity index is 7440. The summed E-state index contributed by atoms with van der Waals surface area (Å²) in [5.74, 6) is 0. The van der Waals surface area contributed by atoms with E-state index in [1.54, 1.807) is 0 Å². The summed E-state index contributed by atoms with van der Waals surface area (Å²) in [6, 6.07) is 161. The van der Waals surface area contributed by atoms with E-state index in [9.17, 15) is 0 Å². The highest BCUT2D eigenvalue weighted by Crippen LogP contribution is 2.34. The molecule has 22 aromatic rings. The second-order valence-electron chi connectivity index (χ2n) is 37.1. The highest BCUT2D eigenvalue weighted by Gasteiger charge is 2.14. The lowest BCUT2D eigenvalue weighted by molar-refractivity contribution is 1.12.